The van der Waals surface area contributed by atoms with Gasteiger partial charge in [0.2, 0.25) is 0 Å². The molecule has 1 heterocycles. The van der Waals surface area contributed by atoms with Crippen LogP contribution < -0.4 is 4.74 Å². The van der Waals surface area contributed by atoms with Crippen LogP contribution in [0.4, 0.5) is 0 Å². The number of furan rings is 1. The van der Waals surface area contributed by atoms with Crippen molar-refractivity contribution in [1.82, 2.24) is 0 Å². The maximum absolute atomic E-state index is 10.6. The zero-order valence-corrected chi connectivity index (χ0v) is 17.8. The van der Waals surface area contributed by atoms with E-state index in [0.29, 0.717) is 0 Å². The van der Waals surface area contributed by atoms with Gasteiger partial charge in [-0.1, -0.05) is 59.9 Å². The standard InChI is InChI=1S/C25H18O3S2/c1-27-23-13-19-18-12-20(26)24(29-16-8-4-2-5-9-16)14-21(18)28-22(19)15-25(23)30-17-10-6-3-7-11-17/h2-15,26H,1H3. The lowest BCUT2D eigenvalue weighted by Gasteiger charge is -2.08. The first-order chi connectivity index (χ1) is 14.7. The second-order valence-corrected chi connectivity index (χ2v) is 8.98. The lowest BCUT2D eigenvalue weighted by molar-refractivity contribution is 0.405. The molecule has 0 unspecified atom stereocenters. The minimum atomic E-state index is 0.237. The Bertz CT molecular complexity index is 1330. The summed E-state index contributed by atoms with van der Waals surface area (Å²) < 4.78 is 11.8. The third-order valence-electron chi connectivity index (χ3n) is 4.78. The van der Waals surface area contributed by atoms with Crippen molar-refractivity contribution < 1.29 is 14.3 Å². The highest BCUT2D eigenvalue weighted by atomic mass is 32.2. The molecule has 0 aliphatic heterocycles. The Hall–Kier alpha value is -3.02. The highest BCUT2D eigenvalue weighted by Gasteiger charge is 2.16. The van der Waals surface area contributed by atoms with Crippen LogP contribution in [0.15, 0.2) is 109 Å². The van der Waals surface area contributed by atoms with Crippen molar-refractivity contribution in [3.8, 4) is 11.5 Å². The largest absolute Gasteiger partial charge is 0.507 e. The fourth-order valence-electron chi connectivity index (χ4n) is 3.35. The Morgan fingerprint density at radius 2 is 1.23 bits per heavy atom. The number of ether oxygens (including phenoxy) is 1. The maximum Gasteiger partial charge on any atom is 0.136 e. The van der Waals surface area contributed by atoms with E-state index in [1.165, 1.54) is 11.8 Å². The van der Waals surface area contributed by atoms with Crippen LogP contribution in [-0.2, 0) is 0 Å². The van der Waals surface area contributed by atoms with Crippen molar-refractivity contribution in [3.05, 3.63) is 84.9 Å². The van der Waals surface area contributed by atoms with Crippen LogP contribution in [0.1, 0.15) is 0 Å². The van der Waals surface area contributed by atoms with Crippen molar-refractivity contribution in [3.63, 3.8) is 0 Å². The third kappa shape index (κ3) is 3.62. The molecular formula is C25H18O3S2. The Morgan fingerprint density at radius 3 is 1.83 bits per heavy atom. The summed E-state index contributed by atoms with van der Waals surface area (Å²) >= 11 is 3.15. The molecule has 0 saturated heterocycles. The molecule has 1 N–H and O–H groups in total. The summed E-state index contributed by atoms with van der Waals surface area (Å²) in [6.07, 6.45) is 0. The molecule has 5 heteroatoms. The smallest absolute Gasteiger partial charge is 0.136 e. The Kier molecular flexibility index (Phi) is 5.07. The van der Waals surface area contributed by atoms with E-state index in [4.69, 9.17) is 9.15 Å². The van der Waals surface area contributed by atoms with Crippen LogP contribution in [0.2, 0.25) is 0 Å². The van der Waals surface area contributed by atoms with Gasteiger partial charge in [-0.15, -0.1) is 0 Å². The average molecular weight is 431 g/mol. The molecule has 30 heavy (non-hydrogen) atoms. The number of aromatic hydroxyl groups is 1. The van der Waals surface area contributed by atoms with Crippen LogP contribution in [0.25, 0.3) is 21.9 Å². The van der Waals surface area contributed by atoms with Gasteiger partial charge in [0.1, 0.15) is 22.7 Å². The number of hydrogen-bond donors (Lipinski definition) is 1. The molecule has 5 aromatic rings. The van der Waals surface area contributed by atoms with Gasteiger partial charge < -0.3 is 14.3 Å². The van der Waals surface area contributed by atoms with Gasteiger partial charge in [0.25, 0.3) is 0 Å². The van der Waals surface area contributed by atoms with Crippen molar-refractivity contribution in [2.24, 2.45) is 0 Å². The first kappa shape index (κ1) is 19.0. The van der Waals surface area contributed by atoms with Crippen molar-refractivity contribution in [2.45, 2.75) is 19.6 Å². The zero-order valence-electron chi connectivity index (χ0n) is 16.2. The van der Waals surface area contributed by atoms with Crippen molar-refractivity contribution in [2.75, 3.05) is 7.11 Å². The first-order valence-corrected chi connectivity index (χ1v) is 11.1. The summed E-state index contributed by atoms with van der Waals surface area (Å²) in [5.41, 5.74) is 1.51. The fraction of sp³-hybridized carbons (Fsp3) is 0.0400. The summed E-state index contributed by atoms with van der Waals surface area (Å²) in [5.74, 6) is 1.02. The van der Waals surface area contributed by atoms with Gasteiger partial charge in [-0.05, 0) is 48.5 Å². The molecule has 0 aliphatic rings. The highest BCUT2D eigenvalue weighted by Crippen LogP contribution is 2.44. The molecule has 0 atom stereocenters. The summed E-state index contributed by atoms with van der Waals surface area (Å²) in [7, 11) is 1.67. The number of phenols is 1. The van der Waals surface area contributed by atoms with E-state index in [0.717, 1.165) is 47.3 Å². The minimum Gasteiger partial charge on any atom is -0.507 e. The number of hydrogen-bond acceptors (Lipinski definition) is 5. The highest BCUT2D eigenvalue weighted by molar-refractivity contribution is 7.99. The molecule has 5 rings (SSSR count). The number of rotatable bonds is 5. The predicted molar refractivity (Wildman–Crippen MR) is 123 cm³/mol. The number of phenolic OH excluding ortho intramolecular Hbond substituents is 1. The van der Waals surface area contributed by atoms with Crippen LogP contribution in [0.3, 0.4) is 0 Å². The number of benzene rings is 4. The molecule has 4 aromatic carbocycles. The number of fused-ring (bicyclic) bond motifs is 3. The summed E-state index contributed by atoms with van der Waals surface area (Å²) in [6, 6.07) is 27.8. The normalized spacial score (nSPS) is 11.2. The summed E-state index contributed by atoms with van der Waals surface area (Å²) in [5, 5.41) is 12.4. The Labute approximate surface area is 182 Å². The second-order valence-electron chi connectivity index (χ2n) is 6.75. The van der Waals surface area contributed by atoms with Gasteiger partial charge in [0.15, 0.2) is 0 Å². The molecule has 0 amide bonds. The molecule has 0 saturated carbocycles. The van der Waals surface area contributed by atoms with E-state index in [1.807, 2.05) is 66.7 Å². The molecule has 148 valence electrons. The molecule has 1 aromatic heterocycles. The van der Waals surface area contributed by atoms with Crippen LogP contribution in [0.5, 0.6) is 11.5 Å². The molecule has 0 radical (unpaired) electrons. The Morgan fingerprint density at radius 1 is 0.700 bits per heavy atom. The van der Waals surface area contributed by atoms with Gasteiger partial charge in [-0.25, -0.2) is 0 Å². The zero-order chi connectivity index (χ0) is 20.5. The molecular weight excluding hydrogens is 412 g/mol. The van der Waals surface area contributed by atoms with Gasteiger partial charge in [-0.3, -0.25) is 0 Å². The van der Waals surface area contributed by atoms with Gasteiger partial charge in [0, 0.05) is 20.6 Å². The second kappa shape index (κ2) is 8.01. The van der Waals surface area contributed by atoms with E-state index < -0.39 is 0 Å². The van der Waals surface area contributed by atoms with E-state index in [1.54, 1.807) is 24.9 Å². The minimum absolute atomic E-state index is 0.237. The molecule has 0 spiro atoms. The molecule has 0 aliphatic carbocycles. The number of methoxy groups -OCH3 is 1. The lowest BCUT2D eigenvalue weighted by Crippen LogP contribution is -1.86. The fourth-order valence-corrected chi connectivity index (χ4v) is 5.18. The average Bonchev–Trinajstić information content (AvgIpc) is 3.11. The first-order valence-electron chi connectivity index (χ1n) is 9.44. The van der Waals surface area contributed by atoms with E-state index in [-0.39, 0.29) is 5.75 Å². The molecule has 3 nitrogen and oxygen atoms in total. The van der Waals surface area contributed by atoms with Gasteiger partial charge in [-0.2, -0.15) is 0 Å². The van der Waals surface area contributed by atoms with E-state index in [9.17, 15) is 5.11 Å². The van der Waals surface area contributed by atoms with E-state index in [2.05, 4.69) is 12.1 Å². The van der Waals surface area contributed by atoms with E-state index >= 15 is 0 Å². The van der Waals surface area contributed by atoms with Crippen LogP contribution in [-0.4, -0.2) is 12.2 Å². The van der Waals surface area contributed by atoms with Crippen molar-refractivity contribution >= 4 is 45.5 Å². The Balaban J connectivity index is 1.59. The summed E-state index contributed by atoms with van der Waals surface area (Å²) in [6.45, 7) is 0. The SMILES string of the molecule is COc1cc2c(cc1Sc1ccccc1)oc1cc(Sc3ccccc3)c(O)cc12. The maximum atomic E-state index is 10.6. The van der Waals surface area contributed by atoms with Gasteiger partial charge in [0.05, 0.1) is 16.9 Å². The van der Waals surface area contributed by atoms with Gasteiger partial charge >= 0.3 is 0 Å². The quantitative estimate of drug-likeness (QED) is 0.311. The van der Waals surface area contributed by atoms with Crippen molar-refractivity contribution in [1.29, 1.82) is 0 Å². The monoisotopic (exact) mass is 430 g/mol. The third-order valence-corrected chi connectivity index (χ3v) is 6.88. The predicted octanol–water partition coefficient (Wildman–Crippen LogP) is 7.60. The summed E-state index contributed by atoms with van der Waals surface area (Å²) in [4.78, 5) is 3.94. The topological polar surface area (TPSA) is 42.6 Å². The molecule has 0 fully saturated rings. The van der Waals surface area contributed by atoms with Crippen LogP contribution in [0, 0.1) is 0 Å². The lowest BCUT2D eigenvalue weighted by atomic mass is 10.1. The molecule has 0 bridgehead atoms. The van der Waals surface area contributed by atoms with Crippen LogP contribution >= 0.6 is 23.5 Å².